The van der Waals surface area contributed by atoms with Gasteiger partial charge in [-0.3, -0.25) is 4.79 Å². The molecule has 0 unspecified atom stereocenters. The number of carbonyl (C=O) groups excluding carboxylic acids is 1. The largest absolute Gasteiger partial charge is 0.323 e. The van der Waals surface area contributed by atoms with Crippen LogP contribution in [0.5, 0.6) is 0 Å². The van der Waals surface area contributed by atoms with Gasteiger partial charge >= 0.3 is 0 Å². The van der Waals surface area contributed by atoms with Crippen LogP contribution in [0.2, 0.25) is 0 Å². The van der Waals surface area contributed by atoms with Crippen LogP contribution in [-0.4, -0.2) is 11.7 Å². The summed E-state index contributed by atoms with van der Waals surface area (Å²) in [5, 5.41) is 2.91. The van der Waals surface area contributed by atoms with Gasteiger partial charge in [0.15, 0.2) is 0 Å². The quantitative estimate of drug-likeness (QED) is 0.828. The van der Waals surface area contributed by atoms with E-state index in [0.717, 1.165) is 21.9 Å². The van der Waals surface area contributed by atoms with Crippen LogP contribution in [0.4, 0.5) is 5.69 Å². The van der Waals surface area contributed by atoms with Gasteiger partial charge in [0.2, 0.25) is 5.91 Å². The van der Waals surface area contributed by atoms with E-state index in [2.05, 4.69) is 12.2 Å². The Kier molecular flexibility index (Phi) is 5.21. The van der Waals surface area contributed by atoms with Gasteiger partial charge in [-0.2, -0.15) is 0 Å². The maximum Gasteiger partial charge on any atom is 0.245 e. The Morgan fingerprint density at radius 2 is 1.80 bits per heavy atom. The minimum atomic E-state index is -0.657. The first-order valence-electron chi connectivity index (χ1n) is 6.55. The molecule has 3 nitrogen and oxygen atoms in total. The zero-order chi connectivity index (χ0) is 14.4. The molecule has 0 saturated carbocycles. The zero-order valence-corrected chi connectivity index (χ0v) is 12.2. The molecule has 0 aliphatic heterocycles. The van der Waals surface area contributed by atoms with E-state index in [1.807, 2.05) is 54.6 Å². The number of nitrogens with two attached hydrogens (primary N) is 1. The smallest absolute Gasteiger partial charge is 0.245 e. The van der Waals surface area contributed by atoms with Crippen molar-refractivity contribution in [2.24, 2.45) is 5.73 Å². The van der Waals surface area contributed by atoms with Gasteiger partial charge in [0, 0.05) is 4.90 Å². The summed E-state index contributed by atoms with van der Waals surface area (Å²) in [7, 11) is 0. The maximum absolute atomic E-state index is 12.2. The molecule has 2 aromatic rings. The van der Waals surface area contributed by atoms with Gasteiger partial charge in [0.25, 0.3) is 0 Å². The molecule has 0 bridgehead atoms. The Morgan fingerprint density at radius 3 is 2.50 bits per heavy atom. The van der Waals surface area contributed by atoms with E-state index in [0.29, 0.717) is 0 Å². The molecule has 0 heterocycles. The maximum atomic E-state index is 12.2. The van der Waals surface area contributed by atoms with Crippen LogP contribution in [0.3, 0.4) is 0 Å². The van der Waals surface area contributed by atoms with Gasteiger partial charge in [-0.25, -0.2) is 0 Å². The third kappa shape index (κ3) is 3.62. The summed E-state index contributed by atoms with van der Waals surface area (Å²) in [5.74, 6) is 0.762. The number of para-hydroxylation sites is 1. The van der Waals surface area contributed by atoms with Gasteiger partial charge in [0.1, 0.15) is 6.04 Å². The predicted octanol–water partition coefficient (Wildman–Crippen LogP) is 3.44. The van der Waals surface area contributed by atoms with Crippen molar-refractivity contribution in [1.82, 2.24) is 0 Å². The van der Waals surface area contributed by atoms with Crippen LogP contribution in [-0.2, 0) is 4.79 Å². The highest BCUT2D eigenvalue weighted by molar-refractivity contribution is 7.99. The summed E-state index contributed by atoms with van der Waals surface area (Å²) in [5.41, 5.74) is 7.62. The molecule has 4 heteroatoms. The molecule has 20 heavy (non-hydrogen) atoms. The molecule has 3 N–H and O–H groups in total. The highest BCUT2D eigenvalue weighted by Crippen LogP contribution is 2.27. The Labute approximate surface area is 123 Å². The van der Waals surface area contributed by atoms with E-state index in [1.54, 1.807) is 11.8 Å². The molecule has 104 valence electrons. The Morgan fingerprint density at radius 1 is 1.15 bits per heavy atom. The number of hydrogen-bond acceptors (Lipinski definition) is 3. The summed E-state index contributed by atoms with van der Waals surface area (Å²) in [4.78, 5) is 13.3. The van der Waals surface area contributed by atoms with E-state index in [4.69, 9.17) is 5.73 Å². The van der Waals surface area contributed by atoms with Crippen molar-refractivity contribution in [3.63, 3.8) is 0 Å². The summed E-state index contributed by atoms with van der Waals surface area (Å²) in [6.07, 6.45) is 0. The topological polar surface area (TPSA) is 55.1 Å². The second kappa shape index (κ2) is 7.12. The number of benzene rings is 2. The average molecular weight is 286 g/mol. The van der Waals surface area contributed by atoms with Crippen molar-refractivity contribution in [2.45, 2.75) is 17.9 Å². The van der Waals surface area contributed by atoms with Crippen LogP contribution in [0.15, 0.2) is 59.5 Å². The third-order valence-corrected chi connectivity index (χ3v) is 3.84. The van der Waals surface area contributed by atoms with Crippen LogP contribution in [0.25, 0.3) is 0 Å². The molecule has 2 aromatic carbocycles. The van der Waals surface area contributed by atoms with Crippen LogP contribution < -0.4 is 11.1 Å². The van der Waals surface area contributed by atoms with Gasteiger partial charge in [-0.15, -0.1) is 11.8 Å². The average Bonchev–Trinajstić information content (AvgIpc) is 2.49. The fourth-order valence-electron chi connectivity index (χ4n) is 1.87. The van der Waals surface area contributed by atoms with E-state index < -0.39 is 6.04 Å². The number of hydrogen-bond donors (Lipinski definition) is 2. The lowest BCUT2D eigenvalue weighted by atomic mass is 10.1. The molecule has 1 amide bonds. The fraction of sp³-hybridized carbons (Fsp3) is 0.188. The zero-order valence-electron chi connectivity index (χ0n) is 11.4. The Hall–Kier alpha value is -1.78. The number of thioether (sulfide) groups is 1. The molecule has 1 atom stereocenters. The summed E-state index contributed by atoms with van der Waals surface area (Å²) in [6.45, 7) is 2.08. The molecule has 2 rings (SSSR count). The molecule has 0 radical (unpaired) electrons. The molecular weight excluding hydrogens is 268 g/mol. The molecule has 0 spiro atoms. The summed E-state index contributed by atoms with van der Waals surface area (Å²) >= 11 is 1.70. The molecule has 0 aromatic heterocycles. The highest BCUT2D eigenvalue weighted by Gasteiger charge is 2.16. The first kappa shape index (κ1) is 14.6. The summed E-state index contributed by atoms with van der Waals surface area (Å²) in [6, 6.07) is 16.5. The van der Waals surface area contributed by atoms with Crippen molar-refractivity contribution >= 4 is 23.4 Å². The minimum Gasteiger partial charge on any atom is -0.323 e. The molecular formula is C16H18N2OS. The van der Waals surface area contributed by atoms with Gasteiger partial charge in [-0.05, 0) is 23.4 Å². The lowest BCUT2D eigenvalue weighted by Gasteiger charge is -2.14. The molecule has 0 aliphatic carbocycles. The number of nitrogens with one attached hydrogen (secondary N) is 1. The normalized spacial score (nSPS) is 11.9. The predicted molar refractivity (Wildman–Crippen MR) is 84.8 cm³/mol. The lowest BCUT2D eigenvalue weighted by molar-refractivity contribution is -0.117. The third-order valence-electron chi connectivity index (χ3n) is 2.89. The first-order chi connectivity index (χ1) is 9.72. The van der Waals surface area contributed by atoms with E-state index >= 15 is 0 Å². The standard InChI is InChI=1S/C16H18N2OS/c1-2-20-14-11-7-6-10-13(14)18-16(19)15(17)12-8-4-3-5-9-12/h3-11,15H,2,17H2,1H3,(H,18,19)/t15-/m1/s1. The molecule has 0 saturated heterocycles. The van der Waals surface area contributed by atoms with Crippen LogP contribution in [0, 0.1) is 0 Å². The van der Waals surface area contributed by atoms with Gasteiger partial charge in [-0.1, -0.05) is 49.4 Å². The SMILES string of the molecule is CCSc1ccccc1NC(=O)[C@H](N)c1ccccc1. The van der Waals surface area contributed by atoms with E-state index in [-0.39, 0.29) is 5.91 Å². The number of rotatable bonds is 5. The highest BCUT2D eigenvalue weighted by atomic mass is 32.2. The molecule has 0 fully saturated rings. The Bertz CT molecular complexity index is 572. The number of carbonyl (C=O) groups is 1. The first-order valence-corrected chi connectivity index (χ1v) is 7.54. The van der Waals surface area contributed by atoms with E-state index in [9.17, 15) is 4.79 Å². The van der Waals surface area contributed by atoms with Crippen LogP contribution >= 0.6 is 11.8 Å². The monoisotopic (exact) mass is 286 g/mol. The summed E-state index contributed by atoms with van der Waals surface area (Å²) < 4.78 is 0. The van der Waals surface area contributed by atoms with Crippen LogP contribution in [0.1, 0.15) is 18.5 Å². The van der Waals surface area contributed by atoms with Gasteiger partial charge in [0.05, 0.1) is 5.69 Å². The second-order valence-electron chi connectivity index (χ2n) is 4.31. The Balaban J connectivity index is 2.12. The number of anilines is 1. The van der Waals surface area contributed by atoms with Crippen molar-refractivity contribution in [3.05, 3.63) is 60.2 Å². The fourth-order valence-corrected chi connectivity index (χ4v) is 2.63. The minimum absolute atomic E-state index is 0.194. The van der Waals surface area contributed by atoms with Crippen molar-refractivity contribution in [1.29, 1.82) is 0 Å². The van der Waals surface area contributed by atoms with E-state index in [1.165, 1.54) is 0 Å². The van der Waals surface area contributed by atoms with Crippen molar-refractivity contribution < 1.29 is 4.79 Å². The van der Waals surface area contributed by atoms with Crippen molar-refractivity contribution in [2.75, 3.05) is 11.1 Å². The molecule has 0 aliphatic rings. The van der Waals surface area contributed by atoms with Gasteiger partial charge < -0.3 is 11.1 Å². The second-order valence-corrected chi connectivity index (χ2v) is 5.61. The lowest BCUT2D eigenvalue weighted by Crippen LogP contribution is -2.27. The van der Waals surface area contributed by atoms with Crippen molar-refractivity contribution in [3.8, 4) is 0 Å². The number of amides is 1.